The number of hydrogen-bond donors (Lipinski definition) is 0. The number of benzene rings is 2. The Kier molecular flexibility index (Phi) is 5.36. The van der Waals surface area contributed by atoms with Crippen molar-refractivity contribution >= 4 is 32.8 Å². The third-order valence-electron chi connectivity index (χ3n) is 4.08. The van der Waals surface area contributed by atoms with Crippen LogP contribution in [0.4, 0.5) is 4.39 Å². The Labute approximate surface area is 156 Å². The van der Waals surface area contributed by atoms with Crippen LogP contribution >= 0.6 is 11.8 Å². The number of fused-ring (bicyclic) bond motifs is 1. The highest BCUT2D eigenvalue weighted by Gasteiger charge is 2.19. The van der Waals surface area contributed by atoms with Crippen LogP contribution in [0.25, 0.3) is 11.0 Å². The second-order valence-corrected chi connectivity index (χ2v) is 9.15. The predicted octanol–water partition coefficient (Wildman–Crippen LogP) is 3.74. The van der Waals surface area contributed by atoms with Crippen molar-refractivity contribution in [1.29, 1.82) is 0 Å². The summed E-state index contributed by atoms with van der Waals surface area (Å²) in [4.78, 5) is 5.82. The molecule has 0 saturated carbocycles. The number of halogens is 1. The van der Waals surface area contributed by atoms with Gasteiger partial charge in [0.1, 0.15) is 11.6 Å². The van der Waals surface area contributed by atoms with E-state index in [9.17, 15) is 12.8 Å². The van der Waals surface area contributed by atoms with Crippen LogP contribution in [0.5, 0.6) is 0 Å². The lowest BCUT2D eigenvalue weighted by molar-refractivity contribution is 0.521. The van der Waals surface area contributed by atoms with Crippen molar-refractivity contribution in [3.05, 3.63) is 54.1 Å². The van der Waals surface area contributed by atoms with E-state index in [1.807, 2.05) is 6.92 Å². The summed E-state index contributed by atoms with van der Waals surface area (Å²) in [5.41, 5.74) is 1.56. The summed E-state index contributed by atoms with van der Waals surface area (Å²) in [6.45, 7) is 2.76. The molecule has 0 saturated heterocycles. The highest BCUT2D eigenvalue weighted by molar-refractivity contribution is 7.98. The third kappa shape index (κ3) is 3.62. The molecular weight excluding hydrogens is 373 g/mol. The van der Waals surface area contributed by atoms with Gasteiger partial charge in [-0.15, -0.1) is 11.8 Å². The van der Waals surface area contributed by atoms with Crippen LogP contribution in [-0.2, 0) is 22.3 Å². The fraction of sp³-hybridized carbons (Fsp3) is 0.278. The number of thioether (sulfide) groups is 1. The molecule has 2 aromatic carbocycles. The van der Waals surface area contributed by atoms with E-state index < -0.39 is 10.0 Å². The molecule has 0 aliphatic rings. The van der Waals surface area contributed by atoms with Gasteiger partial charge in [-0.3, -0.25) is 0 Å². The summed E-state index contributed by atoms with van der Waals surface area (Å²) >= 11 is 1.57. The van der Waals surface area contributed by atoms with Gasteiger partial charge in [0, 0.05) is 25.5 Å². The highest BCUT2D eigenvalue weighted by atomic mass is 32.2. The molecule has 0 aliphatic heterocycles. The Balaban J connectivity index is 1.94. The second kappa shape index (κ2) is 7.38. The Morgan fingerprint density at radius 2 is 1.85 bits per heavy atom. The molecule has 0 amide bonds. The molecule has 138 valence electrons. The van der Waals surface area contributed by atoms with Crippen molar-refractivity contribution in [2.75, 3.05) is 14.1 Å². The first kappa shape index (κ1) is 18.9. The first-order valence-corrected chi connectivity index (χ1v) is 10.6. The van der Waals surface area contributed by atoms with Crippen LogP contribution in [-0.4, -0.2) is 36.4 Å². The van der Waals surface area contributed by atoms with Crippen molar-refractivity contribution < 1.29 is 12.8 Å². The predicted molar refractivity (Wildman–Crippen MR) is 102 cm³/mol. The monoisotopic (exact) mass is 393 g/mol. The van der Waals surface area contributed by atoms with Gasteiger partial charge in [0.15, 0.2) is 0 Å². The Morgan fingerprint density at radius 1 is 1.15 bits per heavy atom. The van der Waals surface area contributed by atoms with E-state index in [0.717, 1.165) is 22.8 Å². The zero-order valence-corrected chi connectivity index (χ0v) is 16.4. The summed E-state index contributed by atoms with van der Waals surface area (Å²) in [7, 11) is -0.477. The fourth-order valence-corrected chi connectivity index (χ4v) is 4.44. The molecule has 3 aromatic rings. The van der Waals surface area contributed by atoms with E-state index in [0.29, 0.717) is 11.3 Å². The van der Waals surface area contributed by atoms with Crippen LogP contribution < -0.4 is 0 Å². The number of sulfonamides is 1. The van der Waals surface area contributed by atoms with Crippen molar-refractivity contribution in [2.45, 2.75) is 29.0 Å². The molecule has 26 heavy (non-hydrogen) atoms. The van der Waals surface area contributed by atoms with Crippen LogP contribution in [0.3, 0.4) is 0 Å². The maximum absolute atomic E-state index is 13.0. The molecule has 8 heteroatoms. The SMILES string of the molecule is CCn1c(CSc2ccc(F)cc2)nc2cc(S(=O)(=O)N(C)C)ccc21. The molecule has 5 nitrogen and oxygen atoms in total. The molecule has 3 rings (SSSR count). The Bertz CT molecular complexity index is 1030. The number of imidazole rings is 1. The van der Waals surface area contributed by atoms with E-state index in [-0.39, 0.29) is 10.7 Å². The zero-order valence-electron chi connectivity index (χ0n) is 14.8. The van der Waals surface area contributed by atoms with E-state index in [4.69, 9.17) is 0 Å². The Hall–Kier alpha value is -1.90. The van der Waals surface area contributed by atoms with Gasteiger partial charge in [-0.2, -0.15) is 0 Å². The molecule has 0 fully saturated rings. The van der Waals surface area contributed by atoms with Gasteiger partial charge in [-0.25, -0.2) is 22.1 Å². The normalized spacial score (nSPS) is 12.2. The maximum atomic E-state index is 13.0. The smallest absolute Gasteiger partial charge is 0.242 e. The van der Waals surface area contributed by atoms with Gasteiger partial charge in [-0.1, -0.05) is 0 Å². The lowest BCUT2D eigenvalue weighted by Gasteiger charge is -2.11. The molecule has 0 unspecified atom stereocenters. The summed E-state index contributed by atoms with van der Waals surface area (Å²) < 4.78 is 40.9. The fourth-order valence-electron chi connectivity index (χ4n) is 2.67. The van der Waals surface area contributed by atoms with E-state index in [2.05, 4.69) is 9.55 Å². The third-order valence-corrected chi connectivity index (χ3v) is 6.89. The van der Waals surface area contributed by atoms with Crippen LogP contribution in [0.2, 0.25) is 0 Å². The minimum atomic E-state index is -3.49. The molecule has 0 spiro atoms. The van der Waals surface area contributed by atoms with E-state index in [1.165, 1.54) is 30.5 Å². The first-order chi connectivity index (χ1) is 12.3. The van der Waals surface area contributed by atoms with E-state index in [1.54, 1.807) is 42.1 Å². The summed E-state index contributed by atoms with van der Waals surface area (Å²) in [5, 5.41) is 0. The highest BCUT2D eigenvalue weighted by Crippen LogP contribution is 2.27. The molecule has 0 N–H and O–H groups in total. The lowest BCUT2D eigenvalue weighted by atomic mass is 10.3. The molecule has 1 heterocycles. The molecular formula is C18H20FN3O2S2. The molecule has 0 atom stereocenters. The maximum Gasteiger partial charge on any atom is 0.242 e. The van der Waals surface area contributed by atoms with Gasteiger partial charge in [0.2, 0.25) is 10.0 Å². The van der Waals surface area contributed by atoms with Gasteiger partial charge in [0.25, 0.3) is 0 Å². The minimum absolute atomic E-state index is 0.230. The molecule has 0 radical (unpaired) electrons. The van der Waals surface area contributed by atoms with Gasteiger partial charge in [0.05, 0.1) is 21.7 Å². The lowest BCUT2D eigenvalue weighted by Crippen LogP contribution is -2.22. The van der Waals surface area contributed by atoms with Gasteiger partial charge < -0.3 is 4.57 Å². The topological polar surface area (TPSA) is 55.2 Å². The summed E-state index contributed by atoms with van der Waals surface area (Å²) in [6, 6.07) is 11.4. The molecule has 1 aromatic heterocycles. The van der Waals surface area contributed by atoms with Crippen LogP contribution in [0.15, 0.2) is 52.3 Å². The van der Waals surface area contributed by atoms with Crippen molar-refractivity contribution in [1.82, 2.24) is 13.9 Å². The van der Waals surface area contributed by atoms with Crippen molar-refractivity contribution in [3.8, 4) is 0 Å². The summed E-state index contributed by atoms with van der Waals surface area (Å²) in [6.07, 6.45) is 0. The second-order valence-electron chi connectivity index (χ2n) is 5.95. The minimum Gasteiger partial charge on any atom is -0.328 e. The van der Waals surface area contributed by atoms with Gasteiger partial charge in [-0.05, 0) is 49.4 Å². The standard InChI is InChI=1S/C18H20FN3O2S2/c1-4-22-17-10-9-15(26(23,24)21(2)3)11-16(17)20-18(22)12-25-14-7-5-13(19)6-8-14/h5-11H,4,12H2,1-3H3. The number of hydrogen-bond acceptors (Lipinski definition) is 4. The quantitative estimate of drug-likeness (QED) is 0.599. The number of rotatable bonds is 6. The van der Waals surface area contributed by atoms with Crippen molar-refractivity contribution in [2.24, 2.45) is 0 Å². The average Bonchev–Trinajstić information content (AvgIpc) is 2.97. The number of aryl methyl sites for hydroxylation is 1. The van der Waals surface area contributed by atoms with Gasteiger partial charge >= 0.3 is 0 Å². The number of nitrogens with zero attached hydrogens (tertiary/aromatic N) is 3. The molecule has 0 aliphatic carbocycles. The largest absolute Gasteiger partial charge is 0.328 e. The zero-order chi connectivity index (χ0) is 18.9. The van der Waals surface area contributed by atoms with Crippen LogP contribution in [0.1, 0.15) is 12.7 Å². The number of aromatic nitrogens is 2. The van der Waals surface area contributed by atoms with Crippen LogP contribution in [0, 0.1) is 5.82 Å². The first-order valence-electron chi connectivity index (χ1n) is 8.13. The molecule has 0 bridgehead atoms. The van der Waals surface area contributed by atoms with E-state index >= 15 is 0 Å². The summed E-state index contributed by atoms with van der Waals surface area (Å²) in [5.74, 6) is 1.21. The Morgan fingerprint density at radius 3 is 2.46 bits per heavy atom. The average molecular weight is 394 g/mol. The van der Waals surface area contributed by atoms with Crippen molar-refractivity contribution in [3.63, 3.8) is 0 Å².